The summed E-state index contributed by atoms with van der Waals surface area (Å²) in [5.74, 6) is -3.02. The summed E-state index contributed by atoms with van der Waals surface area (Å²) in [5, 5.41) is 32.8. The lowest BCUT2D eigenvalue weighted by Crippen LogP contribution is -2.57. The van der Waals surface area contributed by atoms with Gasteiger partial charge in [-0.3, -0.25) is 14.4 Å². The van der Waals surface area contributed by atoms with Crippen LogP contribution in [0.5, 0.6) is 5.75 Å². The number of aliphatic carboxylic acids is 1. The molecule has 3 rings (SSSR count). The molecule has 198 valence electrons. The first-order chi connectivity index (χ1) is 17.7. The molecule has 4 unspecified atom stereocenters. The molecular formula is C26H32N4O7. The highest BCUT2D eigenvalue weighted by Crippen LogP contribution is 2.20. The number of aliphatic hydroxyl groups excluding tert-OH is 1. The molecule has 4 atom stereocenters. The molecule has 1 aliphatic rings. The summed E-state index contributed by atoms with van der Waals surface area (Å²) in [4.78, 5) is 51.9. The number of hydrogen-bond acceptors (Lipinski definition) is 7. The maximum absolute atomic E-state index is 13.3. The van der Waals surface area contributed by atoms with E-state index in [1.807, 2.05) is 0 Å². The molecule has 1 aliphatic heterocycles. The lowest BCUT2D eigenvalue weighted by atomic mass is 10.0. The third kappa shape index (κ3) is 7.51. The standard InChI is InChI=1S/C26H32N4O7/c27-19(13-17-8-10-18(32)11-9-17)25(35)30-12-4-7-22(30)24(34)28-20(14-16-5-2-1-3-6-16)23(33)29-21(15-31)26(36)37/h1-3,5-6,8-11,19-22,31-32H,4,7,12-15,27H2,(H,28,34)(H,29,33)(H,36,37). The summed E-state index contributed by atoms with van der Waals surface area (Å²) in [7, 11) is 0. The van der Waals surface area contributed by atoms with E-state index >= 15 is 0 Å². The predicted octanol–water partition coefficient (Wildman–Crippen LogP) is -0.458. The molecule has 1 fully saturated rings. The Kier molecular flexibility index (Phi) is 9.58. The van der Waals surface area contributed by atoms with E-state index in [0.717, 1.165) is 11.1 Å². The second-order valence-corrected chi connectivity index (χ2v) is 9.00. The number of nitrogens with two attached hydrogens (primary N) is 1. The van der Waals surface area contributed by atoms with E-state index in [2.05, 4.69) is 10.6 Å². The molecule has 0 spiro atoms. The summed E-state index contributed by atoms with van der Waals surface area (Å²) in [6.45, 7) is -0.474. The number of hydrogen-bond donors (Lipinski definition) is 6. The molecule has 11 nitrogen and oxygen atoms in total. The van der Waals surface area contributed by atoms with Crippen molar-refractivity contribution < 1.29 is 34.5 Å². The van der Waals surface area contributed by atoms with E-state index in [-0.39, 0.29) is 18.6 Å². The SMILES string of the molecule is NC(Cc1ccc(O)cc1)C(=O)N1CCCC1C(=O)NC(Cc1ccccc1)C(=O)NC(CO)C(=O)O. The van der Waals surface area contributed by atoms with Crippen molar-refractivity contribution in [2.75, 3.05) is 13.2 Å². The number of amides is 3. The highest BCUT2D eigenvalue weighted by Gasteiger charge is 2.38. The van der Waals surface area contributed by atoms with E-state index in [1.54, 1.807) is 42.5 Å². The van der Waals surface area contributed by atoms with Crippen LogP contribution in [0, 0.1) is 0 Å². The number of carbonyl (C=O) groups is 4. The minimum atomic E-state index is -1.52. The molecule has 3 amide bonds. The number of phenols is 1. The molecule has 2 aromatic rings. The number of carboxylic acid groups (broad SMARTS) is 1. The molecular weight excluding hydrogens is 480 g/mol. The fourth-order valence-electron chi connectivity index (χ4n) is 4.27. The second-order valence-electron chi connectivity index (χ2n) is 9.00. The van der Waals surface area contributed by atoms with Crippen molar-refractivity contribution in [3.63, 3.8) is 0 Å². The lowest BCUT2D eigenvalue weighted by Gasteiger charge is -2.28. The largest absolute Gasteiger partial charge is 0.508 e. The van der Waals surface area contributed by atoms with E-state index in [4.69, 9.17) is 5.73 Å². The molecule has 1 saturated heterocycles. The van der Waals surface area contributed by atoms with Gasteiger partial charge in [-0.1, -0.05) is 42.5 Å². The average Bonchev–Trinajstić information content (AvgIpc) is 3.38. The number of likely N-dealkylation sites (tertiary alicyclic amines) is 1. The Morgan fingerprint density at radius 3 is 2.22 bits per heavy atom. The van der Waals surface area contributed by atoms with Gasteiger partial charge in [0.2, 0.25) is 17.7 Å². The third-order valence-electron chi connectivity index (χ3n) is 6.26. The number of carboxylic acids is 1. The van der Waals surface area contributed by atoms with E-state index in [1.165, 1.54) is 17.0 Å². The van der Waals surface area contributed by atoms with Gasteiger partial charge in [0.1, 0.15) is 23.9 Å². The Labute approximate surface area is 214 Å². The van der Waals surface area contributed by atoms with Gasteiger partial charge < -0.3 is 36.6 Å². The molecule has 0 saturated carbocycles. The molecule has 7 N–H and O–H groups in total. The molecule has 0 aliphatic carbocycles. The molecule has 1 heterocycles. The summed E-state index contributed by atoms with van der Waals surface area (Å²) in [5.41, 5.74) is 7.64. The van der Waals surface area contributed by atoms with Gasteiger partial charge in [-0.2, -0.15) is 0 Å². The van der Waals surface area contributed by atoms with Gasteiger partial charge in [0.25, 0.3) is 0 Å². The minimum absolute atomic E-state index is 0.0806. The van der Waals surface area contributed by atoms with Crippen LogP contribution in [0.3, 0.4) is 0 Å². The molecule has 2 aromatic carbocycles. The van der Waals surface area contributed by atoms with Gasteiger partial charge in [-0.25, -0.2) is 4.79 Å². The fraction of sp³-hybridized carbons (Fsp3) is 0.385. The van der Waals surface area contributed by atoms with Crippen LogP contribution in [0.1, 0.15) is 24.0 Å². The van der Waals surface area contributed by atoms with Crippen LogP contribution < -0.4 is 16.4 Å². The van der Waals surface area contributed by atoms with Gasteiger partial charge in [0, 0.05) is 13.0 Å². The number of benzene rings is 2. The van der Waals surface area contributed by atoms with Gasteiger partial charge in [-0.15, -0.1) is 0 Å². The number of aliphatic hydroxyl groups is 1. The zero-order valence-electron chi connectivity index (χ0n) is 20.2. The van der Waals surface area contributed by atoms with Crippen molar-refractivity contribution in [2.45, 2.75) is 49.9 Å². The second kappa shape index (κ2) is 12.8. The molecule has 0 radical (unpaired) electrons. The van der Waals surface area contributed by atoms with E-state index in [0.29, 0.717) is 19.4 Å². The Hall–Kier alpha value is -3.96. The molecule has 37 heavy (non-hydrogen) atoms. The average molecular weight is 513 g/mol. The van der Waals surface area contributed by atoms with Crippen molar-refractivity contribution in [1.82, 2.24) is 15.5 Å². The topological polar surface area (TPSA) is 182 Å². The van der Waals surface area contributed by atoms with Crippen molar-refractivity contribution in [3.05, 3.63) is 65.7 Å². The number of aromatic hydroxyl groups is 1. The monoisotopic (exact) mass is 512 g/mol. The highest BCUT2D eigenvalue weighted by atomic mass is 16.4. The number of nitrogens with zero attached hydrogens (tertiary/aromatic N) is 1. The summed E-state index contributed by atoms with van der Waals surface area (Å²) in [6.07, 6.45) is 1.27. The predicted molar refractivity (Wildman–Crippen MR) is 133 cm³/mol. The Morgan fingerprint density at radius 2 is 1.59 bits per heavy atom. The molecule has 0 aromatic heterocycles. The van der Waals surface area contributed by atoms with Gasteiger partial charge in [-0.05, 0) is 42.5 Å². The number of phenolic OH excluding ortho intramolecular Hbond substituents is 1. The first kappa shape index (κ1) is 27.6. The number of nitrogens with one attached hydrogen (secondary N) is 2. The lowest BCUT2D eigenvalue weighted by molar-refractivity contribution is -0.144. The van der Waals surface area contributed by atoms with Crippen LogP contribution >= 0.6 is 0 Å². The summed E-state index contributed by atoms with van der Waals surface area (Å²) >= 11 is 0. The Balaban J connectivity index is 1.71. The fourth-order valence-corrected chi connectivity index (χ4v) is 4.27. The minimum Gasteiger partial charge on any atom is -0.508 e. The number of rotatable bonds is 11. The van der Waals surface area contributed by atoms with Gasteiger partial charge in [0.15, 0.2) is 0 Å². The van der Waals surface area contributed by atoms with Crippen LogP contribution in [0.4, 0.5) is 0 Å². The van der Waals surface area contributed by atoms with E-state index < -0.39 is 54.5 Å². The molecule has 0 bridgehead atoms. The van der Waals surface area contributed by atoms with Crippen molar-refractivity contribution in [2.24, 2.45) is 5.73 Å². The zero-order chi connectivity index (χ0) is 26.9. The highest BCUT2D eigenvalue weighted by molar-refractivity contribution is 5.94. The first-order valence-electron chi connectivity index (χ1n) is 12.0. The van der Waals surface area contributed by atoms with Crippen LogP contribution in [0.25, 0.3) is 0 Å². The maximum atomic E-state index is 13.3. The van der Waals surface area contributed by atoms with Crippen LogP contribution in [0.2, 0.25) is 0 Å². The van der Waals surface area contributed by atoms with Crippen molar-refractivity contribution in [1.29, 1.82) is 0 Å². The third-order valence-corrected chi connectivity index (χ3v) is 6.26. The summed E-state index contributed by atoms with van der Waals surface area (Å²) < 4.78 is 0. The van der Waals surface area contributed by atoms with Crippen LogP contribution in [-0.2, 0) is 32.0 Å². The van der Waals surface area contributed by atoms with E-state index in [9.17, 15) is 34.5 Å². The summed E-state index contributed by atoms with van der Waals surface area (Å²) in [6, 6.07) is 10.8. The Bertz CT molecular complexity index is 1090. The smallest absolute Gasteiger partial charge is 0.328 e. The zero-order valence-corrected chi connectivity index (χ0v) is 20.2. The quantitative estimate of drug-likeness (QED) is 0.234. The van der Waals surface area contributed by atoms with Gasteiger partial charge >= 0.3 is 5.97 Å². The Morgan fingerprint density at radius 1 is 0.946 bits per heavy atom. The first-order valence-corrected chi connectivity index (χ1v) is 12.0. The maximum Gasteiger partial charge on any atom is 0.328 e. The van der Waals surface area contributed by atoms with Crippen LogP contribution in [-0.4, -0.2) is 81.2 Å². The molecule has 11 heteroatoms. The van der Waals surface area contributed by atoms with Crippen molar-refractivity contribution in [3.8, 4) is 5.75 Å². The number of carbonyl (C=O) groups excluding carboxylic acids is 3. The normalized spacial score (nSPS) is 17.5. The van der Waals surface area contributed by atoms with Crippen molar-refractivity contribution >= 4 is 23.7 Å². The van der Waals surface area contributed by atoms with Gasteiger partial charge in [0.05, 0.1) is 12.6 Å². The van der Waals surface area contributed by atoms with Crippen LogP contribution in [0.15, 0.2) is 54.6 Å².